The molecule has 14 heteroatoms. The highest BCUT2D eigenvalue weighted by Gasteiger charge is 2.53. The van der Waals surface area contributed by atoms with E-state index >= 15 is 0 Å². The number of ether oxygens (including phenoxy) is 4. The number of hydrogen-bond acceptors (Lipinski definition) is 13. The summed E-state index contributed by atoms with van der Waals surface area (Å²) < 4.78 is 21.6. The zero-order valence-electron chi connectivity index (χ0n) is 23.8. The van der Waals surface area contributed by atoms with Crippen LogP contribution in [0, 0.1) is 0 Å². The second kappa shape index (κ2) is 13.4. The minimum Gasteiger partial charge on any atom is -0.504 e. The zero-order valence-corrected chi connectivity index (χ0v) is 23.8. The Morgan fingerprint density at radius 1 is 1.02 bits per heavy atom. The Labute approximate surface area is 252 Å². The largest absolute Gasteiger partial charge is 0.504 e. The average Bonchev–Trinajstić information content (AvgIpc) is 3.61. The first-order valence-corrected chi connectivity index (χ1v) is 13.9. The molecule has 9 atom stereocenters. The van der Waals surface area contributed by atoms with E-state index < -0.39 is 66.8 Å². The minimum absolute atomic E-state index is 0.110. The zero-order chi connectivity index (χ0) is 31.5. The summed E-state index contributed by atoms with van der Waals surface area (Å²) >= 11 is 0. The predicted molar refractivity (Wildman–Crippen MR) is 151 cm³/mol. The highest BCUT2D eigenvalue weighted by molar-refractivity contribution is 5.99. The maximum atomic E-state index is 12.8. The third-order valence-electron chi connectivity index (χ3n) is 7.63. The SMILES string of the molecule is C/C(=C\c1ccc(O[C@@H]2O[C@H](/C(C)=N/OCc3ccccc3)[C@@H](O)C2=O)c(O)c1)C(=O)NC1[C@@H](O)[C@@H]2OCO[C@@H]2[C@H](O)[C@H]1O. The van der Waals surface area contributed by atoms with E-state index in [1.165, 1.54) is 38.1 Å². The molecule has 5 rings (SSSR count). The standard InChI is InChI=1S/C30H34N2O12/c1-14(29(39)31-20-21(34)23(36)28-27(22(20)35)40-13-41-28)10-17-8-9-19(18(33)11-17)43-30-25(38)24(37)26(44-30)15(2)32-42-12-16-6-4-3-5-7-16/h3-11,20-24,26-28,30,33-37H,12-13H2,1-2H3,(H,31,39)/b14-10+,32-15+/t20?,21-,22+,23+,24-,26+,27-,28+,30+/m0/s1. The normalized spacial score (nSPS) is 32.3. The molecular weight excluding hydrogens is 580 g/mol. The number of fused-ring (bicyclic) bond motifs is 1. The van der Waals surface area contributed by atoms with Crippen molar-refractivity contribution in [3.05, 3.63) is 65.2 Å². The number of aromatic hydroxyl groups is 1. The van der Waals surface area contributed by atoms with Gasteiger partial charge in [0.1, 0.15) is 50.0 Å². The average molecular weight is 615 g/mol. The molecular formula is C30H34N2O12. The first kappa shape index (κ1) is 31.5. The fourth-order valence-corrected chi connectivity index (χ4v) is 5.19. The number of ketones is 1. The van der Waals surface area contributed by atoms with Gasteiger partial charge >= 0.3 is 0 Å². The Morgan fingerprint density at radius 2 is 1.73 bits per heavy atom. The van der Waals surface area contributed by atoms with E-state index in [1.54, 1.807) is 0 Å². The van der Waals surface area contributed by atoms with Crippen molar-refractivity contribution < 1.29 is 58.9 Å². The van der Waals surface area contributed by atoms with Crippen molar-refractivity contribution in [1.82, 2.24) is 5.32 Å². The van der Waals surface area contributed by atoms with Gasteiger partial charge in [-0.1, -0.05) is 41.6 Å². The van der Waals surface area contributed by atoms with Crippen LogP contribution in [0.25, 0.3) is 6.08 Å². The number of Topliss-reactive ketones (excluding diaryl/α,β-unsaturated/α-hetero) is 1. The second-order valence-corrected chi connectivity index (χ2v) is 10.8. The number of rotatable bonds is 9. The molecule has 1 saturated carbocycles. The van der Waals surface area contributed by atoms with E-state index in [0.717, 1.165) is 5.56 Å². The van der Waals surface area contributed by atoms with Crippen molar-refractivity contribution in [3.63, 3.8) is 0 Å². The number of aliphatic hydroxyl groups is 4. The molecule has 44 heavy (non-hydrogen) atoms. The van der Waals surface area contributed by atoms with Crippen molar-refractivity contribution in [1.29, 1.82) is 0 Å². The Hall–Kier alpha value is -3.89. The highest BCUT2D eigenvalue weighted by atomic mass is 16.7. The summed E-state index contributed by atoms with van der Waals surface area (Å²) in [5.74, 6) is -1.89. The van der Waals surface area contributed by atoms with Gasteiger partial charge in [0.2, 0.25) is 11.7 Å². The van der Waals surface area contributed by atoms with Crippen LogP contribution in [0.3, 0.4) is 0 Å². The lowest BCUT2D eigenvalue weighted by Crippen LogP contribution is -2.67. The molecule has 3 aliphatic rings. The third kappa shape index (κ3) is 6.61. The van der Waals surface area contributed by atoms with E-state index in [-0.39, 0.29) is 36.2 Å². The fourth-order valence-electron chi connectivity index (χ4n) is 5.19. The van der Waals surface area contributed by atoms with Gasteiger partial charge < -0.3 is 54.6 Å². The van der Waals surface area contributed by atoms with Crippen LogP contribution in [0.2, 0.25) is 0 Å². The van der Waals surface area contributed by atoms with Gasteiger partial charge in [-0.25, -0.2) is 0 Å². The van der Waals surface area contributed by atoms with Crippen LogP contribution in [-0.2, 0) is 35.2 Å². The summed E-state index contributed by atoms with van der Waals surface area (Å²) in [4.78, 5) is 30.8. The summed E-state index contributed by atoms with van der Waals surface area (Å²) in [6.45, 7) is 3.05. The summed E-state index contributed by atoms with van der Waals surface area (Å²) in [7, 11) is 0. The lowest BCUT2D eigenvalue weighted by Gasteiger charge is -2.41. The number of nitrogens with one attached hydrogen (secondary N) is 1. The molecule has 1 aliphatic carbocycles. The van der Waals surface area contributed by atoms with E-state index in [4.69, 9.17) is 23.8 Å². The monoisotopic (exact) mass is 614 g/mol. The number of phenolic OH excluding ortho intramolecular Hbond substituents is 1. The van der Waals surface area contributed by atoms with Crippen molar-refractivity contribution in [3.8, 4) is 11.5 Å². The molecule has 0 bridgehead atoms. The van der Waals surface area contributed by atoms with E-state index in [9.17, 15) is 35.1 Å². The molecule has 2 saturated heterocycles. The Bertz CT molecular complexity index is 1420. The topological polar surface area (TPSA) is 206 Å². The summed E-state index contributed by atoms with van der Waals surface area (Å²) in [6.07, 6.45) is -8.79. The molecule has 2 aromatic carbocycles. The first-order chi connectivity index (χ1) is 21.0. The molecule has 2 aliphatic heterocycles. The molecule has 0 radical (unpaired) electrons. The van der Waals surface area contributed by atoms with Gasteiger partial charge in [-0.3, -0.25) is 9.59 Å². The maximum absolute atomic E-state index is 12.8. The number of phenols is 1. The summed E-state index contributed by atoms with van der Waals surface area (Å²) in [6, 6.07) is 12.2. The smallest absolute Gasteiger partial charge is 0.263 e. The number of benzene rings is 2. The minimum atomic E-state index is -1.56. The van der Waals surface area contributed by atoms with Crippen molar-refractivity contribution in [2.75, 3.05) is 6.79 Å². The molecule has 2 heterocycles. The fraction of sp³-hybridized carbons (Fsp3) is 0.433. The summed E-state index contributed by atoms with van der Waals surface area (Å²) in [5, 5.41) is 58.7. The van der Waals surface area contributed by atoms with Gasteiger partial charge in [0.25, 0.3) is 6.29 Å². The molecule has 0 spiro atoms. The van der Waals surface area contributed by atoms with Gasteiger partial charge in [0.05, 0.1) is 11.8 Å². The molecule has 1 unspecified atom stereocenters. The molecule has 0 aromatic heterocycles. The number of carbonyl (C=O) groups is 2. The highest BCUT2D eigenvalue weighted by Crippen LogP contribution is 2.32. The second-order valence-electron chi connectivity index (χ2n) is 10.8. The van der Waals surface area contributed by atoms with Crippen LogP contribution in [0.5, 0.6) is 11.5 Å². The predicted octanol–water partition coefficient (Wildman–Crippen LogP) is -0.255. The van der Waals surface area contributed by atoms with Crippen molar-refractivity contribution in [2.45, 2.75) is 75.5 Å². The number of carbonyl (C=O) groups excluding carboxylic acids is 2. The van der Waals surface area contributed by atoms with Gasteiger partial charge in [-0.2, -0.15) is 0 Å². The lowest BCUT2D eigenvalue weighted by molar-refractivity contribution is -0.155. The first-order valence-electron chi connectivity index (χ1n) is 13.9. The molecule has 6 N–H and O–H groups in total. The van der Waals surface area contributed by atoms with Gasteiger partial charge in [0.15, 0.2) is 17.6 Å². The number of oxime groups is 1. The van der Waals surface area contributed by atoms with E-state index in [0.29, 0.717) is 5.56 Å². The number of amides is 1. The van der Waals surface area contributed by atoms with E-state index in [2.05, 4.69) is 10.5 Å². The van der Waals surface area contributed by atoms with Crippen molar-refractivity contribution in [2.24, 2.45) is 5.16 Å². The summed E-state index contributed by atoms with van der Waals surface area (Å²) in [5.41, 5.74) is 1.64. The molecule has 14 nitrogen and oxygen atoms in total. The van der Waals surface area contributed by atoms with Gasteiger partial charge in [-0.05, 0) is 43.2 Å². The Kier molecular flexibility index (Phi) is 9.60. The lowest BCUT2D eigenvalue weighted by atomic mass is 9.83. The third-order valence-corrected chi connectivity index (χ3v) is 7.63. The van der Waals surface area contributed by atoms with Crippen LogP contribution >= 0.6 is 0 Å². The Morgan fingerprint density at radius 3 is 2.43 bits per heavy atom. The van der Waals surface area contributed by atoms with Crippen LogP contribution in [0.1, 0.15) is 25.0 Å². The van der Waals surface area contributed by atoms with E-state index in [1.807, 2.05) is 30.3 Å². The van der Waals surface area contributed by atoms with Crippen LogP contribution in [0.15, 0.2) is 59.3 Å². The molecule has 1 amide bonds. The number of nitrogens with zero attached hydrogens (tertiary/aromatic N) is 1. The quantitative estimate of drug-likeness (QED) is 0.123. The van der Waals surface area contributed by atoms with Crippen LogP contribution in [0.4, 0.5) is 0 Å². The molecule has 236 valence electrons. The number of hydrogen-bond donors (Lipinski definition) is 6. The van der Waals surface area contributed by atoms with Gasteiger partial charge in [-0.15, -0.1) is 0 Å². The van der Waals surface area contributed by atoms with Crippen LogP contribution in [-0.4, -0.2) is 105 Å². The number of aliphatic hydroxyl groups excluding tert-OH is 4. The maximum Gasteiger partial charge on any atom is 0.263 e. The van der Waals surface area contributed by atoms with Crippen molar-refractivity contribution >= 4 is 23.5 Å². The van der Waals surface area contributed by atoms with Gasteiger partial charge in [0, 0.05) is 5.57 Å². The molecule has 3 fully saturated rings. The molecule has 2 aromatic rings. The van der Waals surface area contributed by atoms with Crippen LogP contribution < -0.4 is 10.1 Å². The Balaban J connectivity index is 1.18.